The average Bonchev–Trinajstić information content (AvgIpc) is 2.18. The zero-order chi connectivity index (χ0) is 11.0. The summed E-state index contributed by atoms with van der Waals surface area (Å²) < 4.78 is 0. The lowest BCUT2D eigenvalue weighted by molar-refractivity contribution is 0.00338. The number of rotatable bonds is 3. The number of aliphatic hydroxyl groups is 1. The van der Waals surface area contributed by atoms with Gasteiger partial charge in [0.25, 0.3) is 0 Å². The van der Waals surface area contributed by atoms with Crippen molar-refractivity contribution in [2.24, 2.45) is 11.3 Å². The second kappa shape index (κ2) is 3.82. The van der Waals surface area contributed by atoms with Crippen molar-refractivity contribution in [2.75, 3.05) is 6.54 Å². The van der Waals surface area contributed by atoms with E-state index in [0.717, 1.165) is 19.4 Å². The topological polar surface area (TPSA) is 32.3 Å². The second-order valence-corrected chi connectivity index (χ2v) is 6.09. The maximum atomic E-state index is 10.5. The zero-order valence-electron chi connectivity index (χ0n) is 10.2. The number of hydrogen-bond donors (Lipinski definition) is 2. The summed E-state index contributed by atoms with van der Waals surface area (Å²) in [6.07, 6.45) is 2.05. The maximum absolute atomic E-state index is 10.5. The van der Waals surface area contributed by atoms with Crippen molar-refractivity contribution in [2.45, 2.75) is 59.1 Å². The maximum Gasteiger partial charge on any atom is 0.0802 e. The van der Waals surface area contributed by atoms with Gasteiger partial charge in [0.2, 0.25) is 0 Å². The summed E-state index contributed by atoms with van der Waals surface area (Å²) in [7, 11) is 0. The largest absolute Gasteiger partial charge is 0.388 e. The molecule has 2 atom stereocenters. The average molecular weight is 199 g/mol. The highest BCUT2D eigenvalue weighted by atomic mass is 16.3. The molecule has 0 heterocycles. The summed E-state index contributed by atoms with van der Waals surface area (Å²) >= 11 is 0. The highest BCUT2D eigenvalue weighted by molar-refractivity contribution is 4.99. The van der Waals surface area contributed by atoms with Crippen LogP contribution in [0.2, 0.25) is 0 Å². The van der Waals surface area contributed by atoms with Crippen molar-refractivity contribution >= 4 is 0 Å². The van der Waals surface area contributed by atoms with E-state index in [1.54, 1.807) is 0 Å². The molecule has 0 aromatic carbocycles. The van der Waals surface area contributed by atoms with Gasteiger partial charge in [-0.2, -0.15) is 0 Å². The van der Waals surface area contributed by atoms with Crippen molar-refractivity contribution in [3.05, 3.63) is 0 Å². The number of hydrogen-bond acceptors (Lipinski definition) is 2. The number of nitrogens with one attached hydrogen (secondary N) is 1. The van der Waals surface area contributed by atoms with E-state index in [1.165, 1.54) is 0 Å². The smallest absolute Gasteiger partial charge is 0.0802 e. The predicted molar refractivity (Wildman–Crippen MR) is 60.3 cm³/mol. The highest BCUT2D eigenvalue weighted by Gasteiger charge is 2.46. The molecule has 14 heavy (non-hydrogen) atoms. The van der Waals surface area contributed by atoms with Crippen LogP contribution in [0.4, 0.5) is 0 Å². The Balaban J connectivity index is 2.57. The van der Waals surface area contributed by atoms with Gasteiger partial charge in [-0.1, -0.05) is 34.6 Å². The molecule has 0 aromatic rings. The van der Waals surface area contributed by atoms with Crippen molar-refractivity contribution in [3.8, 4) is 0 Å². The lowest BCUT2D eigenvalue weighted by Crippen LogP contribution is -2.45. The second-order valence-electron chi connectivity index (χ2n) is 6.09. The summed E-state index contributed by atoms with van der Waals surface area (Å²) in [5.74, 6) is 0.406. The molecular formula is C12H25NO. The van der Waals surface area contributed by atoms with Crippen LogP contribution in [0.25, 0.3) is 0 Å². The van der Waals surface area contributed by atoms with Crippen molar-refractivity contribution in [3.63, 3.8) is 0 Å². The van der Waals surface area contributed by atoms with Gasteiger partial charge in [-0.25, -0.2) is 0 Å². The fraction of sp³-hybridized carbons (Fsp3) is 1.00. The van der Waals surface area contributed by atoms with Crippen LogP contribution in [0.3, 0.4) is 0 Å². The lowest BCUT2D eigenvalue weighted by atomic mass is 9.89. The van der Waals surface area contributed by atoms with E-state index in [0.29, 0.717) is 17.4 Å². The van der Waals surface area contributed by atoms with Crippen molar-refractivity contribution in [1.29, 1.82) is 0 Å². The van der Waals surface area contributed by atoms with E-state index in [9.17, 15) is 5.11 Å². The SMILES string of the molecule is CC(C)NCC1(O)CC(C)(C)CC1C. The molecule has 2 nitrogen and oxygen atoms in total. The molecule has 0 aromatic heterocycles. The molecule has 0 bridgehead atoms. The molecule has 0 saturated heterocycles. The Bertz CT molecular complexity index is 200. The molecule has 0 amide bonds. The van der Waals surface area contributed by atoms with E-state index in [1.807, 2.05) is 0 Å². The molecule has 1 rings (SSSR count). The molecule has 2 heteroatoms. The predicted octanol–water partition coefficient (Wildman–Crippen LogP) is 2.17. The molecule has 1 fully saturated rings. The minimum absolute atomic E-state index is 0.298. The Kier molecular flexibility index (Phi) is 3.27. The van der Waals surface area contributed by atoms with Gasteiger partial charge in [-0.3, -0.25) is 0 Å². The summed E-state index contributed by atoms with van der Waals surface area (Å²) in [4.78, 5) is 0. The molecular weight excluding hydrogens is 174 g/mol. The molecule has 1 saturated carbocycles. The van der Waals surface area contributed by atoms with Crippen LogP contribution in [0, 0.1) is 11.3 Å². The Hall–Kier alpha value is -0.0800. The van der Waals surface area contributed by atoms with Crippen LogP contribution in [0.15, 0.2) is 0 Å². The first-order chi connectivity index (χ1) is 6.25. The minimum atomic E-state index is -0.492. The van der Waals surface area contributed by atoms with Gasteiger partial charge < -0.3 is 10.4 Å². The summed E-state index contributed by atoms with van der Waals surface area (Å²) in [6.45, 7) is 11.6. The molecule has 0 spiro atoms. The standard InChI is InChI=1S/C12H25NO/c1-9(2)13-8-12(14)7-11(4,5)6-10(12)3/h9-10,13-14H,6-8H2,1-5H3. The van der Waals surface area contributed by atoms with Crippen LogP contribution in [0.1, 0.15) is 47.5 Å². The van der Waals surface area contributed by atoms with E-state index in [2.05, 4.69) is 39.9 Å². The van der Waals surface area contributed by atoms with Gasteiger partial charge in [0.15, 0.2) is 0 Å². The summed E-state index contributed by atoms with van der Waals surface area (Å²) in [5.41, 5.74) is -0.194. The Morgan fingerprint density at radius 3 is 2.36 bits per heavy atom. The van der Waals surface area contributed by atoms with Gasteiger partial charge in [-0.15, -0.1) is 0 Å². The fourth-order valence-electron chi connectivity index (χ4n) is 2.71. The van der Waals surface area contributed by atoms with Gasteiger partial charge in [0.1, 0.15) is 0 Å². The quantitative estimate of drug-likeness (QED) is 0.730. The molecule has 2 unspecified atom stereocenters. The van der Waals surface area contributed by atoms with Crippen LogP contribution in [-0.2, 0) is 0 Å². The Labute approximate surface area is 88.1 Å². The first kappa shape index (κ1) is 12.0. The van der Waals surface area contributed by atoms with Crippen molar-refractivity contribution < 1.29 is 5.11 Å². The molecule has 1 aliphatic rings. The van der Waals surface area contributed by atoms with Crippen LogP contribution in [0.5, 0.6) is 0 Å². The molecule has 2 N–H and O–H groups in total. The lowest BCUT2D eigenvalue weighted by Gasteiger charge is -2.29. The van der Waals surface area contributed by atoms with E-state index < -0.39 is 5.60 Å². The summed E-state index contributed by atoms with van der Waals surface area (Å²) in [6, 6.07) is 0.454. The van der Waals surface area contributed by atoms with Gasteiger partial charge in [0, 0.05) is 12.6 Å². The Morgan fingerprint density at radius 2 is 2.00 bits per heavy atom. The van der Waals surface area contributed by atoms with Crippen LogP contribution in [-0.4, -0.2) is 23.3 Å². The minimum Gasteiger partial charge on any atom is -0.388 e. The van der Waals surface area contributed by atoms with Gasteiger partial charge in [0.05, 0.1) is 5.60 Å². The highest BCUT2D eigenvalue weighted by Crippen LogP contribution is 2.47. The molecule has 0 radical (unpaired) electrons. The van der Waals surface area contributed by atoms with Gasteiger partial charge in [-0.05, 0) is 24.2 Å². The van der Waals surface area contributed by atoms with Gasteiger partial charge >= 0.3 is 0 Å². The van der Waals surface area contributed by atoms with E-state index in [-0.39, 0.29) is 0 Å². The Morgan fingerprint density at radius 1 is 1.43 bits per heavy atom. The van der Waals surface area contributed by atoms with E-state index >= 15 is 0 Å². The fourth-order valence-corrected chi connectivity index (χ4v) is 2.71. The molecule has 0 aliphatic heterocycles. The first-order valence-corrected chi connectivity index (χ1v) is 5.71. The monoisotopic (exact) mass is 199 g/mol. The van der Waals surface area contributed by atoms with Crippen LogP contribution < -0.4 is 5.32 Å². The van der Waals surface area contributed by atoms with E-state index in [4.69, 9.17) is 0 Å². The third kappa shape index (κ3) is 2.71. The summed E-state index contributed by atoms with van der Waals surface area (Å²) in [5, 5.41) is 13.8. The zero-order valence-corrected chi connectivity index (χ0v) is 10.2. The molecule has 1 aliphatic carbocycles. The third-order valence-electron chi connectivity index (χ3n) is 3.38. The first-order valence-electron chi connectivity index (χ1n) is 5.71. The van der Waals surface area contributed by atoms with Crippen LogP contribution >= 0.6 is 0 Å². The third-order valence-corrected chi connectivity index (χ3v) is 3.38. The molecule has 84 valence electrons. The van der Waals surface area contributed by atoms with Crippen molar-refractivity contribution in [1.82, 2.24) is 5.32 Å². The normalized spacial score (nSPS) is 36.6.